The van der Waals surface area contributed by atoms with Crippen LogP contribution in [-0.4, -0.2) is 42.9 Å². The number of morpholine rings is 1. The minimum atomic E-state index is -0.349. The first-order valence-electron chi connectivity index (χ1n) is 6.92. The third kappa shape index (κ3) is 2.77. The molecule has 1 aliphatic rings. The van der Waals surface area contributed by atoms with Crippen molar-refractivity contribution in [3.05, 3.63) is 23.4 Å². The molecule has 0 bridgehead atoms. The first-order valence-corrected chi connectivity index (χ1v) is 6.92. The summed E-state index contributed by atoms with van der Waals surface area (Å²) in [6.07, 6.45) is 0.324. The van der Waals surface area contributed by atoms with Crippen LogP contribution >= 0.6 is 0 Å². The van der Waals surface area contributed by atoms with Gasteiger partial charge >= 0.3 is 5.97 Å². The highest BCUT2D eigenvalue weighted by Crippen LogP contribution is 2.24. The molecule has 0 N–H and O–H groups in total. The van der Waals surface area contributed by atoms with Gasteiger partial charge in [-0.1, -0.05) is 0 Å². The van der Waals surface area contributed by atoms with Gasteiger partial charge in [-0.3, -0.25) is 0 Å². The molecule has 0 unspecified atom stereocenters. The van der Waals surface area contributed by atoms with Gasteiger partial charge in [0.2, 0.25) is 0 Å². The highest BCUT2D eigenvalue weighted by atomic mass is 16.5. The Morgan fingerprint density at radius 1 is 1.40 bits per heavy atom. The second-order valence-corrected chi connectivity index (χ2v) is 5.34. The molecule has 3 atom stereocenters. The normalized spacial score (nSPS) is 26.4. The summed E-state index contributed by atoms with van der Waals surface area (Å²) >= 11 is 0. The number of ether oxygens (including phenoxy) is 2. The van der Waals surface area contributed by atoms with Crippen LogP contribution in [-0.2, 0) is 9.47 Å². The molecule has 1 aromatic heterocycles. The van der Waals surface area contributed by atoms with E-state index in [1.807, 2.05) is 13.0 Å². The standard InChI is InChI=1S/C15H22N2O3/c1-9-8-17(11(3)12(4)20-9)14-7-6-13(10(2)16-14)15(18)19-5/h6-7,9,11-12H,8H2,1-5H3/t9-,11-,12+/m0/s1. The summed E-state index contributed by atoms with van der Waals surface area (Å²) < 4.78 is 10.6. The van der Waals surface area contributed by atoms with E-state index < -0.39 is 0 Å². The lowest BCUT2D eigenvalue weighted by Gasteiger charge is -2.42. The SMILES string of the molecule is COC(=O)c1ccc(N2C[C@H](C)O[C@H](C)[C@@H]2C)nc1C. The summed E-state index contributed by atoms with van der Waals surface area (Å²) in [5.74, 6) is 0.531. The van der Waals surface area contributed by atoms with Crippen LogP contribution in [0.4, 0.5) is 5.82 Å². The van der Waals surface area contributed by atoms with Crippen LogP contribution in [0.1, 0.15) is 36.8 Å². The fourth-order valence-electron chi connectivity index (χ4n) is 2.56. The molecule has 0 amide bonds. The van der Waals surface area contributed by atoms with Gasteiger partial charge in [-0.2, -0.15) is 0 Å². The van der Waals surface area contributed by atoms with Crippen molar-refractivity contribution in [2.45, 2.75) is 45.9 Å². The lowest BCUT2D eigenvalue weighted by Crippen LogP contribution is -2.52. The van der Waals surface area contributed by atoms with Crippen molar-refractivity contribution in [1.29, 1.82) is 0 Å². The van der Waals surface area contributed by atoms with E-state index in [0.717, 1.165) is 12.4 Å². The number of aromatic nitrogens is 1. The molecule has 1 aliphatic heterocycles. The summed E-state index contributed by atoms with van der Waals surface area (Å²) in [5.41, 5.74) is 1.20. The average Bonchev–Trinajstić information content (AvgIpc) is 2.41. The van der Waals surface area contributed by atoms with Gasteiger partial charge in [0.05, 0.1) is 36.6 Å². The number of anilines is 1. The molecule has 1 fully saturated rings. The molecule has 2 rings (SSSR count). The van der Waals surface area contributed by atoms with Crippen molar-refractivity contribution in [1.82, 2.24) is 4.98 Å². The number of hydrogen-bond donors (Lipinski definition) is 0. The van der Waals surface area contributed by atoms with Crippen LogP contribution in [0.15, 0.2) is 12.1 Å². The zero-order valence-electron chi connectivity index (χ0n) is 12.7. The van der Waals surface area contributed by atoms with E-state index in [-0.39, 0.29) is 24.2 Å². The number of pyridine rings is 1. The summed E-state index contributed by atoms with van der Waals surface area (Å²) in [6.45, 7) is 8.89. The minimum Gasteiger partial charge on any atom is -0.465 e. The third-order valence-corrected chi connectivity index (χ3v) is 3.84. The molecule has 5 heteroatoms. The molecule has 20 heavy (non-hydrogen) atoms. The monoisotopic (exact) mass is 278 g/mol. The number of carbonyl (C=O) groups excluding carboxylic acids is 1. The highest BCUT2D eigenvalue weighted by molar-refractivity contribution is 5.90. The molecule has 0 radical (unpaired) electrons. The Labute approximate surface area is 119 Å². The number of carbonyl (C=O) groups is 1. The Morgan fingerprint density at radius 2 is 2.10 bits per heavy atom. The van der Waals surface area contributed by atoms with Gasteiger partial charge in [-0.25, -0.2) is 9.78 Å². The largest absolute Gasteiger partial charge is 0.465 e. The Morgan fingerprint density at radius 3 is 2.70 bits per heavy atom. The van der Waals surface area contributed by atoms with Crippen LogP contribution in [0, 0.1) is 6.92 Å². The van der Waals surface area contributed by atoms with Crippen molar-refractivity contribution in [2.24, 2.45) is 0 Å². The molecule has 0 aliphatic carbocycles. The molecule has 110 valence electrons. The molecule has 0 spiro atoms. The Hall–Kier alpha value is -1.62. The number of nitrogens with zero attached hydrogens (tertiary/aromatic N) is 2. The van der Waals surface area contributed by atoms with Gasteiger partial charge in [-0.15, -0.1) is 0 Å². The summed E-state index contributed by atoms with van der Waals surface area (Å²) in [6, 6.07) is 3.91. The van der Waals surface area contributed by atoms with Crippen molar-refractivity contribution in [2.75, 3.05) is 18.6 Å². The fourth-order valence-corrected chi connectivity index (χ4v) is 2.56. The number of aryl methyl sites for hydroxylation is 1. The molecule has 5 nitrogen and oxygen atoms in total. The maximum atomic E-state index is 11.6. The van der Waals surface area contributed by atoms with E-state index in [0.29, 0.717) is 11.3 Å². The Balaban J connectivity index is 2.29. The van der Waals surface area contributed by atoms with Gasteiger partial charge in [0.25, 0.3) is 0 Å². The van der Waals surface area contributed by atoms with Crippen LogP contribution in [0.2, 0.25) is 0 Å². The van der Waals surface area contributed by atoms with E-state index >= 15 is 0 Å². The van der Waals surface area contributed by atoms with Gasteiger partial charge in [0.15, 0.2) is 0 Å². The summed E-state index contributed by atoms with van der Waals surface area (Å²) in [7, 11) is 1.38. The Bertz CT molecular complexity index is 504. The van der Waals surface area contributed by atoms with Crippen molar-refractivity contribution in [3.63, 3.8) is 0 Å². The summed E-state index contributed by atoms with van der Waals surface area (Å²) in [5, 5.41) is 0. The molecule has 0 saturated carbocycles. The third-order valence-electron chi connectivity index (χ3n) is 3.84. The Kier molecular flexibility index (Phi) is 4.28. The zero-order valence-corrected chi connectivity index (χ0v) is 12.7. The lowest BCUT2D eigenvalue weighted by molar-refractivity contribution is -0.0260. The summed E-state index contributed by atoms with van der Waals surface area (Å²) in [4.78, 5) is 18.4. The number of hydrogen-bond acceptors (Lipinski definition) is 5. The van der Waals surface area contributed by atoms with E-state index in [1.165, 1.54) is 7.11 Å². The smallest absolute Gasteiger partial charge is 0.339 e. The second kappa shape index (κ2) is 5.79. The maximum Gasteiger partial charge on any atom is 0.339 e. The van der Waals surface area contributed by atoms with Crippen LogP contribution in [0.25, 0.3) is 0 Å². The number of esters is 1. The molecule has 1 saturated heterocycles. The van der Waals surface area contributed by atoms with E-state index in [1.54, 1.807) is 6.07 Å². The second-order valence-electron chi connectivity index (χ2n) is 5.34. The van der Waals surface area contributed by atoms with Gasteiger partial charge in [0.1, 0.15) is 5.82 Å². The first-order chi connectivity index (χ1) is 9.43. The van der Waals surface area contributed by atoms with Crippen molar-refractivity contribution in [3.8, 4) is 0 Å². The van der Waals surface area contributed by atoms with Crippen LogP contribution in [0.5, 0.6) is 0 Å². The minimum absolute atomic E-state index is 0.154. The predicted octanol–water partition coefficient (Wildman–Crippen LogP) is 2.18. The molecular weight excluding hydrogens is 256 g/mol. The maximum absolute atomic E-state index is 11.6. The van der Waals surface area contributed by atoms with Crippen LogP contribution in [0.3, 0.4) is 0 Å². The van der Waals surface area contributed by atoms with Crippen molar-refractivity contribution < 1.29 is 14.3 Å². The van der Waals surface area contributed by atoms with E-state index in [9.17, 15) is 4.79 Å². The zero-order chi connectivity index (χ0) is 14.9. The van der Waals surface area contributed by atoms with Crippen molar-refractivity contribution >= 4 is 11.8 Å². The molecule has 2 heterocycles. The van der Waals surface area contributed by atoms with Crippen LogP contribution < -0.4 is 4.90 Å². The quantitative estimate of drug-likeness (QED) is 0.776. The predicted molar refractivity (Wildman–Crippen MR) is 77.1 cm³/mol. The number of rotatable bonds is 2. The van der Waals surface area contributed by atoms with E-state index in [4.69, 9.17) is 9.47 Å². The lowest BCUT2D eigenvalue weighted by atomic mass is 10.1. The fraction of sp³-hybridized carbons (Fsp3) is 0.600. The van der Waals surface area contributed by atoms with Gasteiger partial charge in [-0.05, 0) is 39.8 Å². The molecule has 1 aromatic rings. The average molecular weight is 278 g/mol. The van der Waals surface area contributed by atoms with Gasteiger partial charge < -0.3 is 14.4 Å². The first kappa shape index (κ1) is 14.8. The van der Waals surface area contributed by atoms with Gasteiger partial charge in [0, 0.05) is 6.54 Å². The topological polar surface area (TPSA) is 51.7 Å². The van der Waals surface area contributed by atoms with E-state index in [2.05, 4.69) is 30.7 Å². The number of methoxy groups -OCH3 is 1. The highest BCUT2D eigenvalue weighted by Gasteiger charge is 2.30. The molecule has 0 aromatic carbocycles. The molecular formula is C15H22N2O3.